The van der Waals surface area contributed by atoms with Gasteiger partial charge in [0.1, 0.15) is 0 Å². The van der Waals surface area contributed by atoms with E-state index in [4.69, 9.17) is 0 Å². The molecule has 0 aliphatic carbocycles. The molecule has 0 aliphatic rings. The Morgan fingerprint density at radius 1 is 0.257 bits per heavy atom. The second-order valence-electron chi connectivity index (χ2n) is 25.2. The van der Waals surface area contributed by atoms with E-state index < -0.39 is 32.3 Å². The summed E-state index contributed by atoms with van der Waals surface area (Å²) in [5, 5.41) is 16.5. The van der Waals surface area contributed by atoms with Gasteiger partial charge in [-0.2, -0.15) is 0 Å². The number of aromatic nitrogens is 3. The maximum absolute atomic E-state index is 2.55. The molecule has 9 aromatic carbocycles. The van der Waals surface area contributed by atoms with Crippen molar-refractivity contribution >= 4 is 150 Å². The quantitative estimate of drug-likeness (QED) is 0.135. The molecule has 366 valence electrons. The van der Waals surface area contributed by atoms with Crippen molar-refractivity contribution < 1.29 is 0 Å². The van der Waals surface area contributed by atoms with Crippen LogP contribution in [0.1, 0.15) is 0 Å². The zero-order chi connectivity index (χ0) is 51.4. The second kappa shape index (κ2) is 16.5. The fraction of sp³-hybridized carbons (Fsp3) is 0.182. The Kier molecular flexibility index (Phi) is 10.5. The molecule has 0 fully saturated rings. The standard InChI is InChI=1S/C66H65N3SSi4/c1-71(2,3)47-22-28-61-53(38-47)54-39-48(72(4,5)6)23-29-62(54)67(61)44-19-26-59-51(35-44)52-36-45(68-63-30-24-49(73(7,8)9)40-55(63)56-41-50(74(10,11)12)25-31-64(56)68)20-27-60(52)69(59)46-21-33-66-58(37-46)57-34-43(18-32-65(57)70-66)42-16-14-13-15-17-42/h13-41H,1-12H3. The first kappa shape index (κ1) is 47.2. The van der Waals surface area contributed by atoms with E-state index in [0.717, 1.165) is 0 Å². The van der Waals surface area contributed by atoms with Gasteiger partial charge in [0.2, 0.25) is 0 Å². The number of nitrogens with zero attached hydrogens (tertiary/aromatic N) is 3. The van der Waals surface area contributed by atoms with Crippen molar-refractivity contribution in [1.29, 1.82) is 0 Å². The fourth-order valence-corrected chi connectivity index (χ4v) is 17.4. The lowest BCUT2D eigenvalue weighted by Gasteiger charge is -2.17. The first-order chi connectivity index (χ1) is 35.2. The monoisotopic (exact) mass is 1040 g/mol. The van der Waals surface area contributed by atoms with Crippen molar-refractivity contribution in [2.24, 2.45) is 0 Å². The van der Waals surface area contributed by atoms with E-state index in [1.165, 1.54) is 135 Å². The molecule has 0 aliphatic heterocycles. The maximum atomic E-state index is 2.55. The van der Waals surface area contributed by atoms with Crippen molar-refractivity contribution in [3.63, 3.8) is 0 Å². The van der Waals surface area contributed by atoms with E-state index in [1.54, 1.807) is 0 Å². The summed E-state index contributed by atoms with van der Waals surface area (Å²) in [6.45, 7) is 29.6. The van der Waals surface area contributed by atoms with E-state index in [-0.39, 0.29) is 0 Å². The van der Waals surface area contributed by atoms with Crippen LogP contribution in [0.5, 0.6) is 0 Å². The predicted molar refractivity (Wildman–Crippen MR) is 340 cm³/mol. The smallest absolute Gasteiger partial charge is 0.0776 e. The van der Waals surface area contributed by atoms with Gasteiger partial charge in [-0.15, -0.1) is 11.3 Å². The molecule has 4 heterocycles. The third-order valence-electron chi connectivity index (χ3n) is 16.1. The molecular formula is C66H65N3SSi4. The Balaban J connectivity index is 1.09. The van der Waals surface area contributed by atoms with Gasteiger partial charge in [0.25, 0.3) is 0 Å². The summed E-state index contributed by atoms with van der Waals surface area (Å²) < 4.78 is 10.2. The summed E-state index contributed by atoms with van der Waals surface area (Å²) in [6.07, 6.45) is 0. The minimum absolute atomic E-state index is 1.17. The summed E-state index contributed by atoms with van der Waals surface area (Å²) in [5.74, 6) is 0. The lowest BCUT2D eigenvalue weighted by molar-refractivity contribution is 1.16. The third kappa shape index (κ3) is 7.58. The van der Waals surface area contributed by atoms with E-state index >= 15 is 0 Å². The van der Waals surface area contributed by atoms with Crippen LogP contribution in [0.4, 0.5) is 0 Å². The van der Waals surface area contributed by atoms with Crippen LogP contribution >= 0.6 is 11.3 Å². The summed E-state index contributed by atoms with van der Waals surface area (Å²) >= 11 is 1.89. The van der Waals surface area contributed by atoms with Crippen molar-refractivity contribution in [3.8, 4) is 28.2 Å². The van der Waals surface area contributed by atoms with Crippen LogP contribution in [0.3, 0.4) is 0 Å². The molecule has 0 bridgehead atoms. The lowest BCUT2D eigenvalue weighted by Crippen LogP contribution is -2.37. The highest BCUT2D eigenvalue weighted by Gasteiger charge is 2.26. The van der Waals surface area contributed by atoms with Gasteiger partial charge in [-0.1, -0.05) is 184 Å². The first-order valence-electron chi connectivity index (χ1n) is 26.5. The molecule has 4 aromatic heterocycles. The van der Waals surface area contributed by atoms with Gasteiger partial charge >= 0.3 is 0 Å². The molecule has 0 N–H and O–H groups in total. The number of thiophene rings is 1. The molecule has 3 nitrogen and oxygen atoms in total. The van der Waals surface area contributed by atoms with Crippen molar-refractivity contribution in [1.82, 2.24) is 13.7 Å². The van der Waals surface area contributed by atoms with Crippen LogP contribution < -0.4 is 20.7 Å². The Morgan fingerprint density at radius 2 is 0.554 bits per heavy atom. The van der Waals surface area contributed by atoms with Crippen molar-refractivity contribution in [3.05, 3.63) is 176 Å². The molecule has 0 radical (unpaired) electrons. The molecule has 0 unspecified atom stereocenters. The highest BCUT2D eigenvalue weighted by Crippen LogP contribution is 2.42. The molecule has 0 atom stereocenters. The molecule has 0 saturated heterocycles. The Labute approximate surface area is 443 Å². The molecule has 13 rings (SSSR count). The molecule has 0 saturated carbocycles. The largest absolute Gasteiger partial charge is 0.309 e. The highest BCUT2D eigenvalue weighted by molar-refractivity contribution is 7.25. The lowest BCUT2D eigenvalue weighted by atomic mass is 10.0. The summed E-state index contributed by atoms with van der Waals surface area (Å²) in [7, 11) is -6.35. The predicted octanol–water partition coefficient (Wildman–Crippen LogP) is 17.2. The zero-order valence-electron chi connectivity index (χ0n) is 45.0. The fourth-order valence-electron chi connectivity index (χ4n) is 11.7. The number of benzene rings is 9. The average Bonchev–Trinajstić information content (AvgIpc) is 4.10. The molecule has 8 heteroatoms. The Morgan fingerprint density at radius 3 is 0.919 bits per heavy atom. The van der Waals surface area contributed by atoms with E-state index in [9.17, 15) is 0 Å². The van der Waals surface area contributed by atoms with Crippen molar-refractivity contribution in [2.75, 3.05) is 0 Å². The Bertz CT molecular complexity index is 4110. The van der Waals surface area contributed by atoms with Gasteiger partial charge in [0.15, 0.2) is 0 Å². The number of hydrogen-bond donors (Lipinski definition) is 0. The van der Waals surface area contributed by atoms with Crippen molar-refractivity contribution in [2.45, 2.75) is 78.6 Å². The summed E-state index contributed by atoms with van der Waals surface area (Å²) in [6, 6.07) is 68.9. The molecule has 13 aromatic rings. The number of rotatable bonds is 8. The van der Waals surface area contributed by atoms with Gasteiger partial charge in [-0.25, -0.2) is 0 Å². The topological polar surface area (TPSA) is 14.8 Å². The number of fused-ring (bicyclic) bond motifs is 12. The highest BCUT2D eigenvalue weighted by atomic mass is 32.1. The average molecular weight is 1040 g/mol. The minimum atomic E-state index is -1.59. The van der Waals surface area contributed by atoms with Gasteiger partial charge in [0.05, 0.1) is 65.4 Å². The number of hydrogen-bond acceptors (Lipinski definition) is 1. The minimum Gasteiger partial charge on any atom is -0.309 e. The SMILES string of the molecule is C[Si](C)(C)c1ccc2c(c1)c1cc([Si](C)(C)C)ccc1n2-c1ccc2c(c1)c1cc(-n3c4ccc([Si](C)(C)C)cc4c4cc([Si](C)(C)C)ccc43)ccc1n2-c1ccc2sc3ccc(-c4ccccc4)cc3c2c1. The van der Waals surface area contributed by atoms with Crippen LogP contribution in [-0.4, -0.2) is 46.0 Å². The third-order valence-corrected chi connectivity index (χ3v) is 25.4. The maximum Gasteiger partial charge on any atom is 0.0776 e. The molecule has 0 amide bonds. The normalized spacial score (nSPS) is 13.1. The summed E-state index contributed by atoms with van der Waals surface area (Å²) in [4.78, 5) is 0. The van der Waals surface area contributed by atoms with Crippen LogP contribution in [0.25, 0.3) is 114 Å². The van der Waals surface area contributed by atoms with E-state index in [1.807, 2.05) is 11.3 Å². The van der Waals surface area contributed by atoms with Gasteiger partial charge in [-0.05, 0) is 102 Å². The zero-order valence-corrected chi connectivity index (χ0v) is 49.8. The van der Waals surface area contributed by atoms with Crippen LogP contribution in [0.2, 0.25) is 78.6 Å². The van der Waals surface area contributed by atoms with E-state index in [0.29, 0.717) is 0 Å². The molecular weight excluding hydrogens is 979 g/mol. The molecule has 74 heavy (non-hydrogen) atoms. The van der Waals surface area contributed by atoms with Crippen LogP contribution in [-0.2, 0) is 0 Å². The Hall–Kier alpha value is -6.53. The van der Waals surface area contributed by atoms with E-state index in [2.05, 4.69) is 268 Å². The molecule has 0 spiro atoms. The summed E-state index contributed by atoms with van der Waals surface area (Å²) in [5.41, 5.74) is 13.5. The van der Waals surface area contributed by atoms with Crippen LogP contribution in [0.15, 0.2) is 176 Å². The second-order valence-corrected chi connectivity index (χ2v) is 46.6. The van der Waals surface area contributed by atoms with Crippen LogP contribution in [0, 0.1) is 0 Å². The first-order valence-corrected chi connectivity index (χ1v) is 41.3. The van der Waals surface area contributed by atoms with Gasteiger partial charge in [0, 0.05) is 69.6 Å². The van der Waals surface area contributed by atoms with Gasteiger partial charge in [-0.3, -0.25) is 0 Å². The van der Waals surface area contributed by atoms with Gasteiger partial charge < -0.3 is 13.7 Å².